The summed E-state index contributed by atoms with van der Waals surface area (Å²) in [7, 11) is 0. The highest BCUT2D eigenvalue weighted by Crippen LogP contribution is 2.29. The summed E-state index contributed by atoms with van der Waals surface area (Å²) >= 11 is 19.6. The average Bonchev–Trinajstić information content (AvgIpc) is 3.11. The molecular formula is C21H19Cl3N4OS. The minimum absolute atomic E-state index is 0.213. The van der Waals surface area contributed by atoms with Crippen molar-refractivity contribution in [3.05, 3.63) is 87.1 Å². The van der Waals surface area contributed by atoms with Gasteiger partial charge in [-0.2, -0.15) is 0 Å². The third-order valence-corrected chi connectivity index (χ3v) is 6.12. The number of hydrogen-bond acceptors (Lipinski definition) is 4. The van der Waals surface area contributed by atoms with Crippen LogP contribution in [0.5, 0.6) is 0 Å². The third kappa shape index (κ3) is 5.58. The van der Waals surface area contributed by atoms with Crippen LogP contribution in [0, 0.1) is 0 Å². The van der Waals surface area contributed by atoms with E-state index in [4.69, 9.17) is 34.8 Å². The largest absolute Gasteiger partial charge is 0.342 e. The van der Waals surface area contributed by atoms with Crippen LogP contribution in [0.15, 0.2) is 60.3 Å². The number of nitrogens with one attached hydrogen (secondary N) is 1. The van der Waals surface area contributed by atoms with Gasteiger partial charge >= 0.3 is 0 Å². The number of nitrogens with zero attached hydrogens (tertiary/aromatic N) is 3. The Morgan fingerprint density at radius 3 is 2.53 bits per heavy atom. The van der Waals surface area contributed by atoms with E-state index in [1.165, 1.54) is 11.8 Å². The predicted octanol–water partition coefficient (Wildman–Crippen LogP) is 6.21. The summed E-state index contributed by atoms with van der Waals surface area (Å²) < 4.78 is 1.92. The van der Waals surface area contributed by atoms with Crippen molar-refractivity contribution in [3.63, 3.8) is 0 Å². The van der Waals surface area contributed by atoms with Crippen LogP contribution >= 0.6 is 46.6 Å². The van der Waals surface area contributed by atoms with Gasteiger partial charge < -0.3 is 9.88 Å². The first kappa shape index (κ1) is 22.7. The molecule has 1 aromatic heterocycles. The Morgan fingerprint density at radius 2 is 1.87 bits per heavy atom. The van der Waals surface area contributed by atoms with Crippen molar-refractivity contribution in [2.45, 2.75) is 30.4 Å². The van der Waals surface area contributed by atoms with E-state index in [1.54, 1.807) is 42.5 Å². The molecule has 1 N–H and O–H groups in total. The van der Waals surface area contributed by atoms with Crippen molar-refractivity contribution in [1.82, 2.24) is 20.1 Å². The molecule has 0 aliphatic carbocycles. The summed E-state index contributed by atoms with van der Waals surface area (Å²) in [6.07, 6.45) is 1.76. The van der Waals surface area contributed by atoms with Crippen molar-refractivity contribution in [2.24, 2.45) is 0 Å². The van der Waals surface area contributed by atoms with E-state index >= 15 is 0 Å². The molecule has 0 bridgehead atoms. The Bertz CT molecular complexity index is 1050. The molecule has 0 unspecified atom stereocenters. The molecule has 1 amide bonds. The van der Waals surface area contributed by atoms with Crippen LogP contribution in [0.2, 0.25) is 15.1 Å². The quantitative estimate of drug-likeness (QED) is 0.307. The maximum Gasteiger partial charge on any atom is 0.251 e. The Balaban J connectivity index is 1.74. The van der Waals surface area contributed by atoms with Crippen LogP contribution in [0.3, 0.4) is 0 Å². The van der Waals surface area contributed by atoms with Gasteiger partial charge in [0, 0.05) is 32.9 Å². The maximum atomic E-state index is 12.5. The molecule has 30 heavy (non-hydrogen) atoms. The van der Waals surface area contributed by atoms with Crippen LogP contribution in [-0.2, 0) is 12.3 Å². The normalized spacial score (nSPS) is 11.9. The van der Waals surface area contributed by atoms with Gasteiger partial charge in [0.15, 0.2) is 11.0 Å². The summed E-state index contributed by atoms with van der Waals surface area (Å²) in [6, 6.07) is 11.8. The number of hydrogen-bond donors (Lipinski definition) is 1. The second kappa shape index (κ2) is 10.4. The molecule has 3 rings (SSSR count). The lowest BCUT2D eigenvalue weighted by Crippen LogP contribution is -2.28. The summed E-state index contributed by atoms with van der Waals surface area (Å²) in [5.74, 6) is 1.04. The first-order valence-electron chi connectivity index (χ1n) is 9.06. The molecule has 0 radical (unpaired) electrons. The number of allylic oxidation sites excluding steroid dienone is 1. The van der Waals surface area contributed by atoms with Crippen LogP contribution in [0.25, 0.3) is 0 Å². The van der Waals surface area contributed by atoms with Crippen molar-refractivity contribution in [3.8, 4) is 0 Å². The van der Waals surface area contributed by atoms with Gasteiger partial charge in [0.05, 0.1) is 6.04 Å². The van der Waals surface area contributed by atoms with E-state index in [0.29, 0.717) is 43.9 Å². The lowest BCUT2D eigenvalue weighted by atomic mass is 10.2. The number of halogens is 3. The van der Waals surface area contributed by atoms with E-state index < -0.39 is 0 Å². The summed E-state index contributed by atoms with van der Waals surface area (Å²) in [5.41, 5.74) is 1.47. The van der Waals surface area contributed by atoms with Gasteiger partial charge in [-0.1, -0.05) is 58.7 Å². The monoisotopic (exact) mass is 480 g/mol. The predicted molar refractivity (Wildman–Crippen MR) is 124 cm³/mol. The summed E-state index contributed by atoms with van der Waals surface area (Å²) in [6.45, 7) is 6.19. The molecule has 0 aliphatic heterocycles. The zero-order chi connectivity index (χ0) is 21.7. The molecule has 3 aromatic rings. The molecule has 0 fully saturated rings. The fraction of sp³-hybridized carbons (Fsp3) is 0.190. The van der Waals surface area contributed by atoms with E-state index in [2.05, 4.69) is 22.1 Å². The lowest BCUT2D eigenvalue weighted by molar-refractivity contribution is 0.0937. The Labute approximate surface area is 194 Å². The molecule has 0 saturated carbocycles. The highest BCUT2D eigenvalue weighted by atomic mass is 35.5. The lowest BCUT2D eigenvalue weighted by Gasteiger charge is -2.15. The Kier molecular flexibility index (Phi) is 7.83. The molecular weight excluding hydrogens is 463 g/mol. The summed E-state index contributed by atoms with van der Waals surface area (Å²) in [5, 5.41) is 14.0. The minimum Gasteiger partial charge on any atom is -0.342 e. The van der Waals surface area contributed by atoms with Crippen LogP contribution in [0.1, 0.15) is 34.7 Å². The highest BCUT2D eigenvalue weighted by Gasteiger charge is 2.20. The van der Waals surface area contributed by atoms with Gasteiger partial charge in [0.2, 0.25) is 0 Å². The number of aromatic nitrogens is 3. The zero-order valence-electron chi connectivity index (χ0n) is 16.1. The number of benzene rings is 2. The minimum atomic E-state index is -0.353. The van der Waals surface area contributed by atoms with Gasteiger partial charge in [-0.15, -0.1) is 16.8 Å². The van der Waals surface area contributed by atoms with Crippen LogP contribution in [-0.4, -0.2) is 20.7 Å². The fourth-order valence-electron chi connectivity index (χ4n) is 2.75. The van der Waals surface area contributed by atoms with Gasteiger partial charge in [0.25, 0.3) is 5.91 Å². The second-order valence-electron chi connectivity index (χ2n) is 6.47. The van der Waals surface area contributed by atoms with Crippen molar-refractivity contribution >= 4 is 52.5 Å². The number of amides is 1. The van der Waals surface area contributed by atoms with Gasteiger partial charge in [-0.25, -0.2) is 0 Å². The van der Waals surface area contributed by atoms with E-state index in [0.717, 1.165) is 5.56 Å². The molecule has 2 aromatic carbocycles. The Hall–Kier alpha value is -1.99. The average molecular weight is 482 g/mol. The molecule has 1 heterocycles. The van der Waals surface area contributed by atoms with E-state index in [1.807, 2.05) is 17.6 Å². The molecule has 156 valence electrons. The number of thioether (sulfide) groups is 1. The van der Waals surface area contributed by atoms with Crippen LogP contribution < -0.4 is 5.32 Å². The fourth-order valence-corrected chi connectivity index (χ4v) is 4.39. The first-order chi connectivity index (χ1) is 14.4. The molecule has 0 saturated heterocycles. The van der Waals surface area contributed by atoms with Crippen molar-refractivity contribution in [2.75, 3.05) is 0 Å². The van der Waals surface area contributed by atoms with Crippen molar-refractivity contribution in [1.29, 1.82) is 0 Å². The highest BCUT2D eigenvalue weighted by molar-refractivity contribution is 7.98. The molecule has 9 heteroatoms. The molecule has 1 atom stereocenters. The van der Waals surface area contributed by atoms with E-state index in [9.17, 15) is 4.79 Å². The number of carbonyl (C=O) groups is 1. The maximum absolute atomic E-state index is 12.5. The number of carbonyl (C=O) groups excluding carboxylic acids is 1. The van der Waals surface area contributed by atoms with Gasteiger partial charge in [-0.3, -0.25) is 4.79 Å². The van der Waals surface area contributed by atoms with Crippen molar-refractivity contribution < 1.29 is 4.79 Å². The smallest absolute Gasteiger partial charge is 0.251 e. The SMILES string of the molecule is C=CCn1c(SCc2ccc(Cl)cc2Cl)nnc1[C@@H](C)NC(=O)c1ccc(Cl)cc1. The topological polar surface area (TPSA) is 59.8 Å². The zero-order valence-corrected chi connectivity index (χ0v) is 19.2. The number of rotatable bonds is 8. The van der Waals surface area contributed by atoms with Gasteiger partial charge in [-0.05, 0) is 48.9 Å². The van der Waals surface area contributed by atoms with Gasteiger partial charge in [0.1, 0.15) is 0 Å². The molecule has 5 nitrogen and oxygen atoms in total. The second-order valence-corrected chi connectivity index (χ2v) is 8.69. The van der Waals surface area contributed by atoms with Crippen LogP contribution in [0.4, 0.5) is 0 Å². The summed E-state index contributed by atoms with van der Waals surface area (Å²) in [4.78, 5) is 12.5. The third-order valence-electron chi connectivity index (χ3n) is 4.27. The Morgan fingerprint density at radius 1 is 1.17 bits per heavy atom. The van der Waals surface area contributed by atoms with E-state index in [-0.39, 0.29) is 11.9 Å². The first-order valence-corrected chi connectivity index (χ1v) is 11.2. The molecule has 0 aliphatic rings. The molecule has 0 spiro atoms. The standard InChI is InChI=1S/C21H19Cl3N4OS/c1-3-10-28-19(13(2)25-20(29)14-4-7-16(22)8-5-14)26-27-21(28)30-12-15-6-9-17(23)11-18(15)24/h3-9,11,13H,1,10,12H2,2H3,(H,25,29)/t13-/m1/s1.